The summed E-state index contributed by atoms with van der Waals surface area (Å²) in [5.41, 5.74) is 0.159. The maximum absolute atomic E-state index is 11.8. The third kappa shape index (κ3) is 4.34. The van der Waals surface area contributed by atoms with Crippen LogP contribution in [0.4, 0.5) is 5.69 Å². The summed E-state index contributed by atoms with van der Waals surface area (Å²) in [7, 11) is 0. The Morgan fingerprint density at radius 2 is 1.95 bits per heavy atom. The Bertz CT molecular complexity index is 498. The number of carboxylic acid groups (broad SMARTS) is 1. The van der Waals surface area contributed by atoms with Gasteiger partial charge in [0.1, 0.15) is 0 Å². The highest BCUT2D eigenvalue weighted by atomic mass is 16.6. The number of hydrogen-bond acceptors (Lipinski definition) is 4. The predicted molar refractivity (Wildman–Crippen MR) is 71.5 cm³/mol. The van der Waals surface area contributed by atoms with Gasteiger partial charge < -0.3 is 10.4 Å². The van der Waals surface area contributed by atoms with Crippen molar-refractivity contribution >= 4 is 17.6 Å². The number of benzene rings is 1. The molecule has 0 heterocycles. The van der Waals surface area contributed by atoms with E-state index < -0.39 is 22.7 Å². The Balaban J connectivity index is 2.62. The molecule has 1 atom stereocenters. The van der Waals surface area contributed by atoms with Crippen LogP contribution >= 0.6 is 0 Å². The first-order valence-corrected chi connectivity index (χ1v) is 6.21. The largest absolute Gasteiger partial charge is 0.481 e. The number of carbonyl (C=O) groups excluding carboxylic acids is 1. The maximum Gasteiger partial charge on any atom is 0.308 e. The van der Waals surface area contributed by atoms with Gasteiger partial charge in [0.2, 0.25) is 0 Å². The van der Waals surface area contributed by atoms with Crippen molar-refractivity contribution in [2.45, 2.75) is 19.8 Å². The number of aliphatic carboxylic acids is 1. The van der Waals surface area contributed by atoms with Crippen molar-refractivity contribution in [3.63, 3.8) is 0 Å². The molecule has 0 aromatic heterocycles. The normalized spacial score (nSPS) is 11.7. The van der Waals surface area contributed by atoms with Crippen LogP contribution in [0.3, 0.4) is 0 Å². The minimum absolute atomic E-state index is 0.0407. The maximum atomic E-state index is 11.8. The van der Waals surface area contributed by atoms with Crippen molar-refractivity contribution in [1.29, 1.82) is 0 Å². The van der Waals surface area contributed by atoms with Gasteiger partial charge >= 0.3 is 5.97 Å². The monoisotopic (exact) mass is 280 g/mol. The molecule has 0 aliphatic heterocycles. The standard InChI is InChI=1S/C13H16N2O5/c1-2-3-10(13(17)18)8-14-12(16)9-4-6-11(7-5-9)15(19)20/h4-7,10H,2-3,8H2,1H3,(H,14,16)(H,17,18). The molecular formula is C13H16N2O5. The summed E-state index contributed by atoms with van der Waals surface area (Å²) in [6, 6.07) is 5.14. The fourth-order valence-corrected chi connectivity index (χ4v) is 1.71. The third-order valence-corrected chi connectivity index (χ3v) is 2.84. The molecular weight excluding hydrogens is 264 g/mol. The topological polar surface area (TPSA) is 110 Å². The molecule has 1 amide bonds. The Morgan fingerprint density at radius 1 is 1.35 bits per heavy atom. The first kappa shape index (κ1) is 15.6. The van der Waals surface area contributed by atoms with Crippen molar-refractivity contribution in [3.8, 4) is 0 Å². The van der Waals surface area contributed by atoms with E-state index in [4.69, 9.17) is 5.11 Å². The third-order valence-electron chi connectivity index (χ3n) is 2.84. The number of nitro benzene ring substituents is 1. The molecule has 1 aromatic rings. The molecule has 0 saturated heterocycles. The number of carboxylic acids is 1. The number of amides is 1. The number of nitro groups is 1. The van der Waals surface area contributed by atoms with Gasteiger partial charge in [0.25, 0.3) is 11.6 Å². The number of rotatable bonds is 7. The number of nitrogens with zero attached hydrogens (tertiary/aromatic N) is 1. The van der Waals surface area contributed by atoms with Crippen LogP contribution in [0.5, 0.6) is 0 Å². The zero-order valence-electron chi connectivity index (χ0n) is 11.0. The molecule has 7 heteroatoms. The van der Waals surface area contributed by atoms with E-state index in [2.05, 4.69) is 5.32 Å². The van der Waals surface area contributed by atoms with Crippen molar-refractivity contribution in [2.75, 3.05) is 6.54 Å². The summed E-state index contributed by atoms with van der Waals surface area (Å²) in [6.07, 6.45) is 1.19. The quantitative estimate of drug-likeness (QED) is 0.584. The summed E-state index contributed by atoms with van der Waals surface area (Å²) in [6.45, 7) is 1.91. The van der Waals surface area contributed by atoms with Crippen LogP contribution in [0.25, 0.3) is 0 Å². The minimum Gasteiger partial charge on any atom is -0.481 e. The zero-order chi connectivity index (χ0) is 15.1. The van der Waals surface area contributed by atoms with Gasteiger partial charge in [-0.05, 0) is 18.6 Å². The SMILES string of the molecule is CCCC(CNC(=O)c1ccc([N+](=O)[O-])cc1)C(=O)O. The van der Waals surface area contributed by atoms with E-state index in [1.165, 1.54) is 24.3 Å². The summed E-state index contributed by atoms with van der Waals surface area (Å²) in [5, 5.41) is 22.0. The van der Waals surface area contributed by atoms with Crippen molar-refractivity contribution in [1.82, 2.24) is 5.32 Å². The predicted octanol–water partition coefficient (Wildman–Crippen LogP) is 1.83. The van der Waals surface area contributed by atoms with Crippen LogP contribution in [0.1, 0.15) is 30.1 Å². The van der Waals surface area contributed by atoms with Crippen LogP contribution < -0.4 is 5.32 Å². The van der Waals surface area contributed by atoms with Gasteiger partial charge in [-0.2, -0.15) is 0 Å². The average molecular weight is 280 g/mol. The molecule has 1 unspecified atom stereocenters. The molecule has 0 spiro atoms. The molecule has 0 saturated carbocycles. The first-order chi connectivity index (χ1) is 9.45. The van der Waals surface area contributed by atoms with E-state index in [0.717, 1.165) is 0 Å². The van der Waals surface area contributed by atoms with Gasteiger partial charge in [0.05, 0.1) is 10.8 Å². The van der Waals surface area contributed by atoms with Crippen LogP contribution in [0.15, 0.2) is 24.3 Å². The highest BCUT2D eigenvalue weighted by Gasteiger charge is 2.18. The number of hydrogen-bond donors (Lipinski definition) is 2. The molecule has 0 aliphatic rings. The van der Waals surface area contributed by atoms with E-state index >= 15 is 0 Å². The van der Waals surface area contributed by atoms with Gasteiger partial charge in [0.15, 0.2) is 0 Å². The van der Waals surface area contributed by atoms with Crippen LogP contribution in [0.2, 0.25) is 0 Å². The summed E-state index contributed by atoms with van der Waals surface area (Å²) < 4.78 is 0. The molecule has 0 radical (unpaired) electrons. The van der Waals surface area contributed by atoms with E-state index in [1.54, 1.807) is 0 Å². The van der Waals surface area contributed by atoms with E-state index in [9.17, 15) is 19.7 Å². The minimum atomic E-state index is -0.948. The van der Waals surface area contributed by atoms with Crippen LogP contribution in [-0.4, -0.2) is 28.5 Å². The van der Waals surface area contributed by atoms with Crippen LogP contribution in [0, 0.1) is 16.0 Å². The lowest BCUT2D eigenvalue weighted by molar-refractivity contribution is -0.384. The lowest BCUT2D eigenvalue weighted by Gasteiger charge is -2.12. The highest BCUT2D eigenvalue weighted by molar-refractivity contribution is 5.94. The molecule has 1 aromatic carbocycles. The Hall–Kier alpha value is -2.44. The second-order valence-corrected chi connectivity index (χ2v) is 4.34. The van der Waals surface area contributed by atoms with Crippen molar-refractivity contribution in [3.05, 3.63) is 39.9 Å². The first-order valence-electron chi connectivity index (χ1n) is 6.21. The van der Waals surface area contributed by atoms with Gasteiger partial charge in [-0.25, -0.2) is 0 Å². The van der Waals surface area contributed by atoms with E-state index in [-0.39, 0.29) is 17.8 Å². The number of non-ortho nitro benzene ring substituents is 1. The van der Waals surface area contributed by atoms with Crippen molar-refractivity contribution < 1.29 is 19.6 Å². The Labute approximate surface area is 115 Å². The number of carbonyl (C=O) groups is 2. The lowest BCUT2D eigenvalue weighted by Crippen LogP contribution is -2.32. The van der Waals surface area contributed by atoms with Gasteiger partial charge in [0, 0.05) is 24.2 Å². The Kier molecular flexibility index (Phi) is 5.64. The molecule has 2 N–H and O–H groups in total. The summed E-state index contributed by atoms with van der Waals surface area (Å²) in [4.78, 5) is 32.6. The second kappa shape index (κ2) is 7.22. The fraction of sp³-hybridized carbons (Fsp3) is 0.385. The molecule has 7 nitrogen and oxygen atoms in total. The molecule has 1 rings (SSSR count). The molecule has 0 bridgehead atoms. The average Bonchev–Trinajstić information content (AvgIpc) is 2.42. The van der Waals surface area contributed by atoms with Gasteiger partial charge in [-0.15, -0.1) is 0 Å². The number of nitrogens with one attached hydrogen (secondary N) is 1. The molecule has 108 valence electrons. The van der Waals surface area contributed by atoms with Crippen molar-refractivity contribution in [2.24, 2.45) is 5.92 Å². The molecule has 0 fully saturated rings. The molecule has 0 aliphatic carbocycles. The van der Waals surface area contributed by atoms with E-state index in [1.807, 2.05) is 6.92 Å². The highest BCUT2D eigenvalue weighted by Crippen LogP contribution is 2.12. The van der Waals surface area contributed by atoms with E-state index in [0.29, 0.717) is 12.8 Å². The molecule has 20 heavy (non-hydrogen) atoms. The summed E-state index contributed by atoms with van der Waals surface area (Å²) in [5.74, 6) is -2.01. The Morgan fingerprint density at radius 3 is 2.40 bits per heavy atom. The summed E-state index contributed by atoms with van der Waals surface area (Å²) >= 11 is 0. The zero-order valence-corrected chi connectivity index (χ0v) is 11.0. The smallest absolute Gasteiger partial charge is 0.308 e. The van der Waals surface area contributed by atoms with Gasteiger partial charge in [-0.3, -0.25) is 19.7 Å². The second-order valence-electron chi connectivity index (χ2n) is 4.34. The fourth-order valence-electron chi connectivity index (χ4n) is 1.71. The van der Waals surface area contributed by atoms with Crippen LogP contribution in [-0.2, 0) is 4.79 Å². The lowest BCUT2D eigenvalue weighted by atomic mass is 10.0. The van der Waals surface area contributed by atoms with Gasteiger partial charge in [-0.1, -0.05) is 13.3 Å².